The van der Waals surface area contributed by atoms with Crippen LogP contribution in [0.1, 0.15) is 30.7 Å². The van der Waals surface area contributed by atoms with Gasteiger partial charge in [0, 0.05) is 38.8 Å². The summed E-state index contributed by atoms with van der Waals surface area (Å²) in [5.74, 6) is -1.49. The third-order valence-electron chi connectivity index (χ3n) is 5.40. The van der Waals surface area contributed by atoms with Crippen LogP contribution < -0.4 is 0 Å². The molecule has 3 heterocycles. The largest absolute Gasteiger partial charge is 0.481 e. The summed E-state index contributed by atoms with van der Waals surface area (Å²) in [6.07, 6.45) is 3.23. The molecule has 2 N–H and O–H groups in total. The Morgan fingerprint density at radius 1 is 1.50 bits per heavy atom. The number of aromatic amines is 1. The summed E-state index contributed by atoms with van der Waals surface area (Å²) in [6.45, 7) is 4.33. The summed E-state index contributed by atoms with van der Waals surface area (Å²) in [5, 5.41) is 9.47. The minimum Gasteiger partial charge on any atom is -0.481 e. The van der Waals surface area contributed by atoms with Crippen LogP contribution >= 0.6 is 0 Å². The number of likely N-dealkylation sites (tertiary alicyclic amines) is 2. The zero-order valence-corrected chi connectivity index (χ0v) is 13.0. The van der Waals surface area contributed by atoms with Gasteiger partial charge in [-0.05, 0) is 19.8 Å². The molecule has 0 saturated carbocycles. The van der Waals surface area contributed by atoms with Crippen molar-refractivity contribution in [2.75, 3.05) is 20.1 Å². The van der Waals surface area contributed by atoms with Gasteiger partial charge in [0.05, 0.1) is 23.5 Å². The zero-order chi connectivity index (χ0) is 15.9. The fraction of sp³-hybridized carbons (Fsp3) is 0.667. The molecule has 22 heavy (non-hydrogen) atoms. The molecule has 1 atom stereocenters. The molecular formula is C15H22N4O3. The molecule has 1 amide bonds. The Balaban J connectivity index is 1.71. The van der Waals surface area contributed by atoms with Gasteiger partial charge in [0.15, 0.2) is 0 Å². The van der Waals surface area contributed by atoms with Crippen molar-refractivity contribution < 1.29 is 14.7 Å². The zero-order valence-electron chi connectivity index (χ0n) is 13.0. The molecule has 7 heteroatoms. The van der Waals surface area contributed by atoms with E-state index >= 15 is 0 Å². The molecule has 2 fully saturated rings. The van der Waals surface area contributed by atoms with Crippen LogP contribution in [0.5, 0.6) is 0 Å². The second kappa shape index (κ2) is 5.39. The molecule has 7 nitrogen and oxygen atoms in total. The van der Waals surface area contributed by atoms with Crippen LogP contribution in [-0.2, 0) is 16.1 Å². The van der Waals surface area contributed by atoms with E-state index in [1.165, 1.54) is 0 Å². The van der Waals surface area contributed by atoms with Gasteiger partial charge in [-0.2, -0.15) is 0 Å². The number of nitrogens with one attached hydrogen (secondary N) is 1. The molecular weight excluding hydrogens is 284 g/mol. The van der Waals surface area contributed by atoms with Crippen LogP contribution in [0.15, 0.2) is 6.33 Å². The first-order valence-electron chi connectivity index (χ1n) is 7.65. The van der Waals surface area contributed by atoms with Crippen LogP contribution in [0.25, 0.3) is 0 Å². The molecule has 2 aliphatic heterocycles. The predicted octanol–water partition coefficient (Wildman–Crippen LogP) is 0.616. The monoisotopic (exact) mass is 306 g/mol. The van der Waals surface area contributed by atoms with Crippen molar-refractivity contribution in [2.45, 2.75) is 38.3 Å². The number of hydrogen-bond acceptors (Lipinski definition) is 4. The summed E-state index contributed by atoms with van der Waals surface area (Å²) >= 11 is 0. The molecule has 1 spiro atoms. The van der Waals surface area contributed by atoms with Crippen molar-refractivity contribution in [3.8, 4) is 0 Å². The lowest BCUT2D eigenvalue weighted by atomic mass is 9.77. The minimum atomic E-state index is -0.853. The summed E-state index contributed by atoms with van der Waals surface area (Å²) in [7, 11) is 1.75. The average molecular weight is 306 g/mol. The molecule has 2 saturated heterocycles. The molecule has 0 aliphatic carbocycles. The van der Waals surface area contributed by atoms with E-state index in [4.69, 9.17) is 0 Å². The number of amides is 1. The summed E-state index contributed by atoms with van der Waals surface area (Å²) in [6, 6.07) is 0. The van der Waals surface area contributed by atoms with Crippen LogP contribution in [0, 0.1) is 12.8 Å². The topological polar surface area (TPSA) is 89.5 Å². The van der Waals surface area contributed by atoms with Gasteiger partial charge in [-0.25, -0.2) is 4.98 Å². The Kier molecular flexibility index (Phi) is 3.68. The number of aromatic nitrogens is 2. The van der Waals surface area contributed by atoms with Gasteiger partial charge in [0.25, 0.3) is 0 Å². The fourth-order valence-corrected chi connectivity index (χ4v) is 3.84. The lowest BCUT2D eigenvalue weighted by molar-refractivity contribution is -0.146. The van der Waals surface area contributed by atoms with E-state index in [2.05, 4.69) is 14.9 Å². The molecule has 0 bridgehead atoms. The van der Waals surface area contributed by atoms with Crippen molar-refractivity contribution in [3.05, 3.63) is 17.7 Å². The van der Waals surface area contributed by atoms with Crippen molar-refractivity contribution in [1.29, 1.82) is 0 Å². The van der Waals surface area contributed by atoms with Crippen LogP contribution in [-0.4, -0.2) is 62.4 Å². The number of aryl methyl sites for hydroxylation is 1. The maximum absolute atomic E-state index is 12.0. The number of hydrogen-bond donors (Lipinski definition) is 2. The highest BCUT2D eigenvalue weighted by atomic mass is 16.4. The van der Waals surface area contributed by atoms with Crippen LogP contribution in [0.4, 0.5) is 0 Å². The smallest absolute Gasteiger partial charge is 0.309 e. The van der Waals surface area contributed by atoms with Gasteiger partial charge in [-0.1, -0.05) is 0 Å². The van der Waals surface area contributed by atoms with Crippen molar-refractivity contribution >= 4 is 11.9 Å². The van der Waals surface area contributed by atoms with Crippen molar-refractivity contribution in [2.24, 2.45) is 5.92 Å². The molecule has 2 aliphatic rings. The fourth-order valence-electron chi connectivity index (χ4n) is 3.84. The second-order valence-corrected chi connectivity index (χ2v) is 6.40. The molecule has 3 rings (SSSR count). The van der Waals surface area contributed by atoms with Gasteiger partial charge >= 0.3 is 5.97 Å². The number of carboxylic acids is 1. The highest BCUT2D eigenvalue weighted by Crippen LogP contribution is 2.42. The Bertz CT molecular complexity index is 589. The van der Waals surface area contributed by atoms with Crippen LogP contribution in [0.3, 0.4) is 0 Å². The SMILES string of the molecule is Cc1[nH]cnc1CN1CCC2(CC1)C(C(=O)O)CC(=O)N2C. The number of aliphatic carboxylic acids is 1. The maximum atomic E-state index is 12.0. The van der Waals surface area contributed by atoms with Gasteiger partial charge in [-0.3, -0.25) is 14.5 Å². The molecule has 1 unspecified atom stereocenters. The van der Waals surface area contributed by atoms with Crippen LogP contribution in [0.2, 0.25) is 0 Å². The highest BCUT2D eigenvalue weighted by molar-refractivity contribution is 5.88. The normalized spacial score (nSPS) is 25.1. The number of imidazole rings is 1. The summed E-state index contributed by atoms with van der Waals surface area (Å²) in [4.78, 5) is 34.9. The summed E-state index contributed by atoms with van der Waals surface area (Å²) < 4.78 is 0. The molecule has 0 aromatic carbocycles. The third-order valence-corrected chi connectivity index (χ3v) is 5.40. The van der Waals surface area contributed by atoms with Crippen molar-refractivity contribution in [3.63, 3.8) is 0 Å². The Morgan fingerprint density at radius 2 is 2.18 bits per heavy atom. The number of rotatable bonds is 3. The average Bonchev–Trinajstić information content (AvgIpc) is 2.99. The first-order chi connectivity index (χ1) is 10.4. The van der Waals surface area contributed by atoms with E-state index in [9.17, 15) is 14.7 Å². The van der Waals surface area contributed by atoms with Gasteiger partial charge in [-0.15, -0.1) is 0 Å². The molecule has 1 aromatic heterocycles. The van der Waals surface area contributed by atoms with E-state index in [-0.39, 0.29) is 12.3 Å². The predicted molar refractivity (Wildman–Crippen MR) is 79.1 cm³/mol. The standard InChI is InChI=1S/C15H22N4O3/c1-10-12(17-9-16-10)8-19-5-3-15(4-6-19)11(14(21)22)7-13(20)18(15)2/h9,11H,3-8H2,1-2H3,(H,16,17)(H,21,22). The van der Waals surface area contributed by atoms with E-state index in [0.29, 0.717) is 12.8 Å². The maximum Gasteiger partial charge on any atom is 0.309 e. The van der Waals surface area contributed by atoms with E-state index in [1.54, 1.807) is 18.3 Å². The minimum absolute atomic E-state index is 0.0519. The molecule has 0 radical (unpaired) electrons. The van der Waals surface area contributed by atoms with Gasteiger partial charge in [0.1, 0.15) is 0 Å². The van der Waals surface area contributed by atoms with Gasteiger partial charge in [0.2, 0.25) is 5.91 Å². The number of H-pyrrole nitrogens is 1. The second-order valence-electron chi connectivity index (χ2n) is 6.40. The first-order valence-corrected chi connectivity index (χ1v) is 7.65. The number of nitrogens with zero attached hydrogens (tertiary/aromatic N) is 3. The number of carbonyl (C=O) groups is 2. The highest BCUT2D eigenvalue weighted by Gasteiger charge is 2.55. The Morgan fingerprint density at radius 3 is 2.73 bits per heavy atom. The third kappa shape index (κ3) is 2.29. The van der Waals surface area contributed by atoms with E-state index in [1.807, 2.05) is 6.92 Å². The lowest BCUT2D eigenvalue weighted by Gasteiger charge is -2.45. The lowest BCUT2D eigenvalue weighted by Crippen LogP contribution is -2.55. The van der Waals surface area contributed by atoms with Crippen molar-refractivity contribution in [1.82, 2.24) is 19.8 Å². The van der Waals surface area contributed by atoms with E-state index in [0.717, 1.165) is 31.0 Å². The molecule has 1 aromatic rings. The number of carbonyl (C=O) groups excluding carboxylic acids is 1. The number of piperidine rings is 1. The van der Waals surface area contributed by atoms with E-state index < -0.39 is 17.4 Å². The number of carboxylic acid groups (broad SMARTS) is 1. The van der Waals surface area contributed by atoms with Gasteiger partial charge < -0.3 is 15.0 Å². The Hall–Kier alpha value is -1.89. The quantitative estimate of drug-likeness (QED) is 0.854. The summed E-state index contributed by atoms with van der Waals surface area (Å²) in [5.41, 5.74) is 1.58. The molecule has 120 valence electrons. The first kappa shape index (κ1) is 15.0. The Labute approximate surface area is 129 Å².